The van der Waals surface area contributed by atoms with E-state index in [2.05, 4.69) is 15.9 Å². The number of alkyl halides is 3. The van der Waals surface area contributed by atoms with Gasteiger partial charge in [-0.15, -0.1) is 0 Å². The number of rotatable bonds is 2. The molecule has 2 aromatic rings. The molecule has 0 aliphatic heterocycles. The molecule has 104 valence electrons. The van der Waals surface area contributed by atoms with Crippen molar-refractivity contribution in [2.45, 2.75) is 6.18 Å². The molecule has 0 unspecified atom stereocenters. The Morgan fingerprint density at radius 2 is 1.65 bits per heavy atom. The van der Waals surface area contributed by atoms with Crippen molar-refractivity contribution in [1.82, 2.24) is 0 Å². The van der Waals surface area contributed by atoms with Crippen LogP contribution in [0.1, 0.15) is 21.5 Å². The Labute approximate surface area is 121 Å². The van der Waals surface area contributed by atoms with Crippen molar-refractivity contribution in [3.05, 3.63) is 63.6 Å². The van der Waals surface area contributed by atoms with E-state index in [0.29, 0.717) is 10.2 Å². The average Bonchev–Trinajstić information content (AvgIpc) is 2.38. The first-order chi connectivity index (χ1) is 9.29. The maximum Gasteiger partial charge on any atom is 0.416 e. The Kier molecular flexibility index (Phi) is 3.85. The summed E-state index contributed by atoms with van der Waals surface area (Å²) in [6.45, 7) is 0. The van der Waals surface area contributed by atoms with Gasteiger partial charge in [-0.05, 0) is 42.5 Å². The van der Waals surface area contributed by atoms with Gasteiger partial charge < -0.3 is 5.73 Å². The lowest BCUT2D eigenvalue weighted by Gasteiger charge is -2.10. The summed E-state index contributed by atoms with van der Waals surface area (Å²) in [5.74, 6) is -0.497. The summed E-state index contributed by atoms with van der Waals surface area (Å²) in [6.07, 6.45) is -4.49. The summed E-state index contributed by atoms with van der Waals surface area (Å²) >= 11 is 3.10. The fourth-order valence-electron chi connectivity index (χ4n) is 1.67. The maximum atomic E-state index is 12.7. The Bertz CT molecular complexity index is 650. The number of halogens is 4. The predicted molar refractivity (Wildman–Crippen MR) is 73.4 cm³/mol. The molecule has 0 atom stereocenters. The van der Waals surface area contributed by atoms with Crippen LogP contribution in [0.5, 0.6) is 0 Å². The van der Waals surface area contributed by atoms with Crippen molar-refractivity contribution in [2.24, 2.45) is 0 Å². The number of hydrogen-bond acceptors (Lipinski definition) is 2. The van der Waals surface area contributed by atoms with E-state index >= 15 is 0 Å². The van der Waals surface area contributed by atoms with E-state index in [4.69, 9.17) is 5.73 Å². The lowest BCUT2D eigenvalue weighted by atomic mass is 10.0. The highest BCUT2D eigenvalue weighted by molar-refractivity contribution is 9.10. The molecule has 2 rings (SSSR count). The van der Waals surface area contributed by atoms with Crippen molar-refractivity contribution in [3.63, 3.8) is 0 Å². The number of carbonyl (C=O) groups excluding carboxylic acids is 1. The zero-order valence-corrected chi connectivity index (χ0v) is 11.6. The van der Waals surface area contributed by atoms with Gasteiger partial charge in [0.1, 0.15) is 0 Å². The van der Waals surface area contributed by atoms with Gasteiger partial charge in [0.2, 0.25) is 0 Å². The molecule has 20 heavy (non-hydrogen) atoms. The minimum atomic E-state index is -4.49. The van der Waals surface area contributed by atoms with Crippen LogP contribution in [0.15, 0.2) is 46.9 Å². The molecule has 2 aromatic carbocycles. The number of nitrogens with two attached hydrogens (primary N) is 1. The first-order valence-electron chi connectivity index (χ1n) is 5.56. The van der Waals surface area contributed by atoms with Crippen LogP contribution in [0.2, 0.25) is 0 Å². The molecule has 0 aromatic heterocycles. The Morgan fingerprint density at radius 1 is 1.05 bits per heavy atom. The summed E-state index contributed by atoms with van der Waals surface area (Å²) < 4.78 is 38.3. The minimum absolute atomic E-state index is 0.0374. The molecule has 2 N–H and O–H groups in total. The van der Waals surface area contributed by atoms with Gasteiger partial charge >= 0.3 is 6.18 Å². The molecule has 0 bridgehead atoms. The van der Waals surface area contributed by atoms with Crippen LogP contribution in [-0.2, 0) is 6.18 Å². The second-order valence-corrected chi connectivity index (χ2v) is 5.00. The molecule has 0 saturated heterocycles. The van der Waals surface area contributed by atoms with Gasteiger partial charge in [-0.1, -0.05) is 15.9 Å². The summed E-state index contributed by atoms with van der Waals surface area (Å²) in [4.78, 5) is 12.2. The van der Waals surface area contributed by atoms with Gasteiger partial charge in [0, 0.05) is 21.3 Å². The van der Waals surface area contributed by atoms with Crippen LogP contribution in [-0.4, -0.2) is 5.78 Å². The van der Waals surface area contributed by atoms with Crippen LogP contribution in [0.4, 0.5) is 18.9 Å². The second-order valence-electron chi connectivity index (χ2n) is 4.14. The average molecular weight is 344 g/mol. The van der Waals surface area contributed by atoms with E-state index in [-0.39, 0.29) is 11.1 Å². The van der Waals surface area contributed by atoms with E-state index in [0.717, 1.165) is 12.1 Å². The van der Waals surface area contributed by atoms with Crippen LogP contribution in [0.3, 0.4) is 0 Å². The topological polar surface area (TPSA) is 43.1 Å². The molecule has 0 aliphatic rings. The lowest BCUT2D eigenvalue weighted by molar-refractivity contribution is -0.137. The van der Waals surface area contributed by atoms with E-state index in [9.17, 15) is 18.0 Å². The Balaban J connectivity index is 2.46. The van der Waals surface area contributed by atoms with E-state index in [1.807, 2.05) is 0 Å². The smallest absolute Gasteiger partial charge is 0.399 e. The summed E-state index contributed by atoms with van der Waals surface area (Å²) in [5, 5.41) is 0. The van der Waals surface area contributed by atoms with Gasteiger partial charge in [0.05, 0.1) is 5.56 Å². The number of benzene rings is 2. The highest BCUT2D eigenvalue weighted by Crippen LogP contribution is 2.32. The van der Waals surface area contributed by atoms with E-state index in [1.165, 1.54) is 30.3 Å². The summed E-state index contributed by atoms with van der Waals surface area (Å²) in [6, 6.07) is 8.97. The van der Waals surface area contributed by atoms with Crippen molar-refractivity contribution < 1.29 is 18.0 Å². The number of anilines is 1. The Hall–Kier alpha value is -1.82. The first kappa shape index (κ1) is 14.6. The van der Waals surface area contributed by atoms with Gasteiger partial charge in [-0.2, -0.15) is 13.2 Å². The third-order valence-corrected chi connectivity index (χ3v) is 3.40. The van der Waals surface area contributed by atoms with Crippen molar-refractivity contribution in [1.29, 1.82) is 0 Å². The monoisotopic (exact) mass is 343 g/mol. The summed E-state index contributed by atoms with van der Waals surface area (Å²) in [5.41, 5.74) is 5.36. The molecule has 6 heteroatoms. The van der Waals surface area contributed by atoms with Crippen LogP contribution >= 0.6 is 15.9 Å². The van der Waals surface area contributed by atoms with Crippen molar-refractivity contribution in [2.75, 3.05) is 5.73 Å². The van der Waals surface area contributed by atoms with E-state index < -0.39 is 17.5 Å². The molecular formula is C14H9BrF3NO. The molecule has 0 saturated carbocycles. The van der Waals surface area contributed by atoms with Crippen LogP contribution in [0.25, 0.3) is 0 Å². The molecule has 0 heterocycles. The molecule has 0 radical (unpaired) electrons. The number of hydrogen-bond donors (Lipinski definition) is 1. The van der Waals surface area contributed by atoms with Crippen LogP contribution < -0.4 is 5.73 Å². The van der Waals surface area contributed by atoms with Crippen LogP contribution in [0, 0.1) is 0 Å². The zero-order valence-electron chi connectivity index (χ0n) is 10.0. The quantitative estimate of drug-likeness (QED) is 0.653. The van der Waals surface area contributed by atoms with Crippen molar-refractivity contribution in [3.8, 4) is 0 Å². The third-order valence-electron chi connectivity index (χ3n) is 2.71. The normalized spacial score (nSPS) is 11.4. The molecule has 0 fully saturated rings. The second kappa shape index (κ2) is 5.28. The molecule has 0 aliphatic carbocycles. The fraction of sp³-hybridized carbons (Fsp3) is 0.0714. The number of carbonyl (C=O) groups is 1. The van der Waals surface area contributed by atoms with Crippen molar-refractivity contribution >= 4 is 27.4 Å². The highest BCUT2D eigenvalue weighted by Gasteiger charge is 2.31. The molecular weight excluding hydrogens is 335 g/mol. The molecule has 0 amide bonds. The standard InChI is InChI=1S/C14H9BrF3NO/c15-12-6-3-9(14(16,17)18)7-11(12)13(20)8-1-4-10(19)5-2-8/h1-7H,19H2. The van der Waals surface area contributed by atoms with E-state index in [1.54, 1.807) is 0 Å². The fourth-order valence-corrected chi connectivity index (χ4v) is 2.09. The zero-order chi connectivity index (χ0) is 14.9. The number of nitrogen functional groups attached to an aromatic ring is 1. The van der Waals surface area contributed by atoms with Gasteiger partial charge in [0.15, 0.2) is 5.78 Å². The highest BCUT2D eigenvalue weighted by atomic mass is 79.9. The SMILES string of the molecule is Nc1ccc(C(=O)c2cc(C(F)(F)F)ccc2Br)cc1. The van der Waals surface area contributed by atoms with Gasteiger partial charge in [-0.3, -0.25) is 4.79 Å². The first-order valence-corrected chi connectivity index (χ1v) is 6.35. The molecule has 0 spiro atoms. The van der Waals surface area contributed by atoms with Gasteiger partial charge in [0.25, 0.3) is 0 Å². The predicted octanol–water partition coefficient (Wildman–Crippen LogP) is 4.28. The maximum absolute atomic E-state index is 12.7. The lowest BCUT2D eigenvalue weighted by Crippen LogP contribution is -2.09. The van der Waals surface area contributed by atoms with Gasteiger partial charge in [-0.25, -0.2) is 0 Å². The molecule has 2 nitrogen and oxygen atoms in total. The largest absolute Gasteiger partial charge is 0.416 e. The Morgan fingerprint density at radius 3 is 2.20 bits per heavy atom. The third kappa shape index (κ3) is 3.01. The summed E-state index contributed by atoms with van der Waals surface area (Å²) in [7, 11) is 0. The minimum Gasteiger partial charge on any atom is -0.399 e. The number of ketones is 1.